The van der Waals surface area contributed by atoms with Crippen LogP contribution in [-0.4, -0.2) is 29.8 Å². The Kier molecular flexibility index (Phi) is 5.33. The Morgan fingerprint density at radius 3 is 2.65 bits per heavy atom. The second kappa shape index (κ2) is 6.10. The molecule has 4 nitrogen and oxygen atoms in total. The summed E-state index contributed by atoms with van der Waals surface area (Å²) in [5, 5.41) is 1.74. The Labute approximate surface area is 108 Å². The lowest BCUT2D eigenvalue weighted by molar-refractivity contribution is 0.143. The molecule has 0 aromatic carbocycles. The van der Waals surface area contributed by atoms with Gasteiger partial charge in [-0.25, -0.2) is 8.42 Å². The van der Waals surface area contributed by atoms with Gasteiger partial charge in [-0.05, 0) is 17.5 Å². The van der Waals surface area contributed by atoms with Crippen LogP contribution in [0.25, 0.3) is 0 Å². The summed E-state index contributed by atoms with van der Waals surface area (Å²) < 4.78 is 31.4. The first kappa shape index (κ1) is 14.8. The Morgan fingerprint density at radius 2 is 2.12 bits per heavy atom. The van der Waals surface area contributed by atoms with Crippen molar-refractivity contribution in [1.29, 1.82) is 0 Å². The van der Waals surface area contributed by atoms with Gasteiger partial charge < -0.3 is 4.74 Å². The Morgan fingerprint density at radius 1 is 1.41 bits per heavy atom. The van der Waals surface area contributed by atoms with Crippen molar-refractivity contribution in [2.45, 2.75) is 29.9 Å². The highest BCUT2D eigenvalue weighted by molar-refractivity contribution is 7.91. The van der Waals surface area contributed by atoms with E-state index in [4.69, 9.17) is 4.74 Å². The normalized spacial score (nSPS) is 12.9. The number of nitrogens with one attached hydrogen (secondary N) is 1. The lowest BCUT2D eigenvalue weighted by Crippen LogP contribution is -2.28. The van der Waals surface area contributed by atoms with Crippen molar-refractivity contribution < 1.29 is 13.2 Å². The van der Waals surface area contributed by atoms with Crippen molar-refractivity contribution in [1.82, 2.24) is 4.72 Å². The van der Waals surface area contributed by atoms with E-state index < -0.39 is 18.1 Å². The maximum absolute atomic E-state index is 11.7. The molecule has 0 aliphatic rings. The molecule has 0 spiro atoms. The summed E-state index contributed by atoms with van der Waals surface area (Å²) in [6.45, 7) is 7.43. The third kappa shape index (κ3) is 5.78. The van der Waals surface area contributed by atoms with Crippen molar-refractivity contribution >= 4 is 29.4 Å². The molecule has 0 aliphatic carbocycles. The average Bonchev–Trinajstić information content (AvgIpc) is 2.68. The molecule has 1 N–H and O–H groups in total. The Hall–Kier alpha value is -0.213. The molecule has 1 aromatic heterocycles. The molecule has 0 saturated heterocycles. The van der Waals surface area contributed by atoms with Crippen LogP contribution in [0.3, 0.4) is 0 Å². The summed E-state index contributed by atoms with van der Waals surface area (Å²) in [5.41, 5.74) is 0. The molecule has 0 aliphatic heterocycles. The zero-order valence-electron chi connectivity index (χ0n) is 10.4. The van der Waals surface area contributed by atoms with Crippen LogP contribution in [-0.2, 0) is 14.8 Å². The zero-order chi connectivity index (χ0) is 12.9. The minimum absolute atomic E-state index is 0.0463. The predicted octanol–water partition coefficient (Wildman–Crippen LogP) is 2.34. The first-order valence-corrected chi connectivity index (χ1v) is 11.5. The molecular weight excluding hydrogens is 274 g/mol. The third-order valence-electron chi connectivity index (χ3n) is 2.11. The number of hydrogen-bond donors (Lipinski definition) is 1. The van der Waals surface area contributed by atoms with E-state index in [1.807, 2.05) is 0 Å². The topological polar surface area (TPSA) is 55.4 Å². The van der Waals surface area contributed by atoms with Gasteiger partial charge in [0.15, 0.2) is 0 Å². The molecule has 0 radical (unpaired) electrons. The maximum atomic E-state index is 11.7. The standard InChI is InChI=1S/C10H19NO3S2Si/c1-17(2,3)8-6-14-9-11-16(12,13)10-5-4-7-15-10/h4-5,7,11H,6,8-9H2,1-3H3. The molecule has 0 amide bonds. The van der Waals surface area contributed by atoms with Gasteiger partial charge in [-0.15, -0.1) is 11.3 Å². The first-order chi connectivity index (χ1) is 7.81. The molecule has 98 valence electrons. The van der Waals surface area contributed by atoms with Crippen LogP contribution in [0.1, 0.15) is 0 Å². The maximum Gasteiger partial charge on any atom is 0.251 e. The number of thiophene rings is 1. The molecule has 1 aromatic rings. The number of hydrogen-bond acceptors (Lipinski definition) is 4. The zero-order valence-corrected chi connectivity index (χ0v) is 13.0. The largest absolute Gasteiger partial charge is 0.366 e. The second-order valence-electron chi connectivity index (χ2n) is 4.94. The second-order valence-corrected chi connectivity index (χ2v) is 13.5. The minimum Gasteiger partial charge on any atom is -0.366 e. The third-order valence-corrected chi connectivity index (χ3v) is 6.58. The quantitative estimate of drug-likeness (QED) is 0.477. The van der Waals surface area contributed by atoms with Crippen molar-refractivity contribution in [3.8, 4) is 0 Å². The van der Waals surface area contributed by atoms with Crippen LogP contribution >= 0.6 is 11.3 Å². The van der Waals surface area contributed by atoms with Crippen LogP contribution < -0.4 is 4.72 Å². The molecule has 17 heavy (non-hydrogen) atoms. The molecule has 0 unspecified atom stereocenters. The molecular formula is C10H19NO3S2Si. The van der Waals surface area contributed by atoms with Gasteiger partial charge in [0.25, 0.3) is 10.0 Å². The molecule has 0 atom stereocenters. The molecule has 0 bridgehead atoms. The SMILES string of the molecule is C[Si](C)(C)CCOCNS(=O)(=O)c1cccs1. The van der Waals surface area contributed by atoms with Crippen molar-refractivity contribution in [3.05, 3.63) is 17.5 Å². The van der Waals surface area contributed by atoms with E-state index in [0.717, 1.165) is 6.04 Å². The fourth-order valence-corrected chi connectivity index (χ4v) is 3.75. The summed E-state index contributed by atoms with van der Waals surface area (Å²) in [5.74, 6) is 0. The van der Waals surface area contributed by atoms with E-state index in [1.165, 1.54) is 11.3 Å². The molecule has 1 heterocycles. The minimum atomic E-state index is -3.38. The monoisotopic (exact) mass is 293 g/mol. The van der Waals surface area contributed by atoms with E-state index in [0.29, 0.717) is 10.8 Å². The van der Waals surface area contributed by atoms with E-state index in [-0.39, 0.29) is 6.73 Å². The number of sulfonamides is 1. The lowest BCUT2D eigenvalue weighted by atomic mass is 10.7. The van der Waals surface area contributed by atoms with Crippen LogP contribution in [0.2, 0.25) is 25.7 Å². The lowest BCUT2D eigenvalue weighted by Gasteiger charge is -2.15. The number of rotatable bonds is 7. The van der Waals surface area contributed by atoms with Crippen LogP contribution in [0.4, 0.5) is 0 Å². The van der Waals surface area contributed by atoms with Crippen LogP contribution in [0.5, 0.6) is 0 Å². The van der Waals surface area contributed by atoms with E-state index in [1.54, 1.807) is 17.5 Å². The molecule has 0 saturated carbocycles. The fraction of sp³-hybridized carbons (Fsp3) is 0.600. The summed E-state index contributed by atoms with van der Waals surface area (Å²) >= 11 is 1.20. The van der Waals surface area contributed by atoms with Gasteiger partial charge in [0.1, 0.15) is 10.9 Å². The summed E-state index contributed by atoms with van der Waals surface area (Å²) in [6, 6.07) is 4.33. The summed E-state index contributed by atoms with van der Waals surface area (Å²) in [4.78, 5) is 0. The summed E-state index contributed by atoms with van der Waals surface area (Å²) in [7, 11) is -4.48. The molecule has 1 rings (SSSR count). The Balaban J connectivity index is 2.28. The van der Waals surface area contributed by atoms with Gasteiger partial charge >= 0.3 is 0 Å². The van der Waals surface area contributed by atoms with Gasteiger partial charge in [0, 0.05) is 14.7 Å². The van der Waals surface area contributed by atoms with Gasteiger partial charge in [-0.3, -0.25) is 0 Å². The Bertz CT molecular complexity index is 423. The fourth-order valence-electron chi connectivity index (χ4n) is 1.06. The highest BCUT2D eigenvalue weighted by atomic mass is 32.2. The smallest absolute Gasteiger partial charge is 0.251 e. The highest BCUT2D eigenvalue weighted by Gasteiger charge is 2.15. The van der Waals surface area contributed by atoms with Crippen LogP contribution in [0, 0.1) is 0 Å². The van der Waals surface area contributed by atoms with Gasteiger partial charge in [0.2, 0.25) is 0 Å². The number of ether oxygens (including phenoxy) is 1. The average molecular weight is 293 g/mol. The first-order valence-electron chi connectivity index (χ1n) is 5.42. The predicted molar refractivity (Wildman–Crippen MR) is 73.6 cm³/mol. The van der Waals surface area contributed by atoms with E-state index in [9.17, 15) is 8.42 Å². The van der Waals surface area contributed by atoms with Crippen molar-refractivity contribution in [3.63, 3.8) is 0 Å². The highest BCUT2D eigenvalue weighted by Crippen LogP contribution is 2.15. The van der Waals surface area contributed by atoms with Gasteiger partial charge in [-0.1, -0.05) is 25.7 Å². The van der Waals surface area contributed by atoms with Crippen molar-refractivity contribution in [2.75, 3.05) is 13.3 Å². The summed E-state index contributed by atoms with van der Waals surface area (Å²) in [6.07, 6.45) is 0. The van der Waals surface area contributed by atoms with E-state index >= 15 is 0 Å². The van der Waals surface area contributed by atoms with Gasteiger partial charge in [-0.2, -0.15) is 4.72 Å². The van der Waals surface area contributed by atoms with Crippen LogP contribution in [0.15, 0.2) is 21.7 Å². The molecule has 7 heteroatoms. The molecule has 0 fully saturated rings. The van der Waals surface area contributed by atoms with Crippen molar-refractivity contribution in [2.24, 2.45) is 0 Å². The van der Waals surface area contributed by atoms with Gasteiger partial charge in [0.05, 0.1) is 0 Å². The van der Waals surface area contributed by atoms with E-state index in [2.05, 4.69) is 24.4 Å².